The van der Waals surface area contributed by atoms with E-state index in [1.165, 1.54) is 0 Å². The summed E-state index contributed by atoms with van der Waals surface area (Å²) in [4.78, 5) is 11.9. The zero-order valence-electron chi connectivity index (χ0n) is 11.9. The number of amides is 1. The number of hydrogen-bond donors (Lipinski definition) is 2. The molecule has 3 N–H and O–H groups in total. The number of nitrogens with two attached hydrogens (primary N) is 1. The van der Waals surface area contributed by atoms with E-state index in [1.807, 2.05) is 18.2 Å². The van der Waals surface area contributed by atoms with Gasteiger partial charge in [-0.1, -0.05) is 18.3 Å². The molecule has 0 aromatic heterocycles. The molecule has 1 unspecified atom stereocenters. The SMILES string of the molecule is COc1ccc(CCNC(=O)C(C)C(N)=S)cc1OC. The maximum atomic E-state index is 11.7. The predicted octanol–water partition coefficient (Wildman–Crippen LogP) is 1.28. The third kappa shape index (κ3) is 4.38. The van der Waals surface area contributed by atoms with Crippen LogP contribution in [0.1, 0.15) is 12.5 Å². The lowest BCUT2D eigenvalue weighted by atomic mass is 10.1. The molecule has 0 fully saturated rings. The van der Waals surface area contributed by atoms with Crippen LogP contribution >= 0.6 is 12.2 Å². The Balaban J connectivity index is 2.54. The van der Waals surface area contributed by atoms with Crippen LogP contribution in [0.4, 0.5) is 0 Å². The van der Waals surface area contributed by atoms with E-state index in [2.05, 4.69) is 5.32 Å². The van der Waals surface area contributed by atoms with Crippen molar-refractivity contribution in [3.05, 3.63) is 23.8 Å². The molecule has 0 aliphatic rings. The minimum absolute atomic E-state index is 0.155. The lowest BCUT2D eigenvalue weighted by Gasteiger charge is -2.12. The normalized spacial score (nSPS) is 11.6. The average molecular weight is 296 g/mol. The van der Waals surface area contributed by atoms with Gasteiger partial charge in [0.05, 0.1) is 25.1 Å². The largest absolute Gasteiger partial charge is 0.493 e. The van der Waals surface area contributed by atoms with Crippen LogP contribution < -0.4 is 20.5 Å². The minimum atomic E-state index is -0.449. The van der Waals surface area contributed by atoms with Crippen LogP contribution in [0.15, 0.2) is 18.2 Å². The van der Waals surface area contributed by atoms with Gasteiger partial charge in [0.1, 0.15) is 0 Å². The van der Waals surface area contributed by atoms with Gasteiger partial charge in [-0.25, -0.2) is 0 Å². The summed E-state index contributed by atoms with van der Waals surface area (Å²) in [7, 11) is 3.18. The fourth-order valence-electron chi connectivity index (χ4n) is 1.65. The minimum Gasteiger partial charge on any atom is -0.493 e. The standard InChI is InChI=1S/C14H20N2O3S/c1-9(13(15)20)14(17)16-7-6-10-4-5-11(18-2)12(8-10)19-3/h4-5,8-9H,6-7H2,1-3H3,(H2,15,20)(H,16,17). The van der Waals surface area contributed by atoms with Crippen LogP contribution in [-0.4, -0.2) is 31.7 Å². The summed E-state index contributed by atoms with van der Waals surface area (Å²) >= 11 is 4.79. The van der Waals surface area contributed by atoms with Gasteiger partial charge in [0.25, 0.3) is 0 Å². The van der Waals surface area contributed by atoms with Crippen LogP contribution in [0, 0.1) is 5.92 Å². The Bertz CT molecular complexity index is 491. The first-order valence-electron chi connectivity index (χ1n) is 6.27. The Morgan fingerprint density at radius 3 is 2.55 bits per heavy atom. The van der Waals surface area contributed by atoms with E-state index in [-0.39, 0.29) is 10.9 Å². The van der Waals surface area contributed by atoms with Gasteiger partial charge in [0.2, 0.25) is 5.91 Å². The Hall–Kier alpha value is -1.82. The first-order valence-corrected chi connectivity index (χ1v) is 6.68. The van der Waals surface area contributed by atoms with Gasteiger partial charge in [-0.3, -0.25) is 4.79 Å². The first-order chi connectivity index (χ1) is 9.49. The molecule has 0 heterocycles. The van der Waals surface area contributed by atoms with Crippen molar-refractivity contribution in [1.82, 2.24) is 5.32 Å². The molecule has 0 saturated carbocycles. The maximum Gasteiger partial charge on any atom is 0.229 e. The summed E-state index contributed by atoms with van der Waals surface area (Å²) in [6.07, 6.45) is 0.691. The second kappa shape index (κ2) is 7.69. The Morgan fingerprint density at radius 2 is 2.00 bits per heavy atom. The van der Waals surface area contributed by atoms with E-state index in [9.17, 15) is 4.79 Å². The lowest BCUT2D eigenvalue weighted by molar-refractivity contribution is -0.122. The molecule has 0 spiro atoms. The van der Waals surface area contributed by atoms with Crippen LogP contribution in [0.3, 0.4) is 0 Å². The molecule has 20 heavy (non-hydrogen) atoms. The van der Waals surface area contributed by atoms with E-state index in [1.54, 1.807) is 21.1 Å². The summed E-state index contributed by atoms with van der Waals surface area (Å²) in [5, 5.41) is 2.80. The van der Waals surface area contributed by atoms with Crippen LogP contribution in [0.5, 0.6) is 11.5 Å². The van der Waals surface area contributed by atoms with Crippen molar-refractivity contribution in [3.8, 4) is 11.5 Å². The second-order valence-electron chi connectivity index (χ2n) is 4.35. The van der Waals surface area contributed by atoms with Crippen molar-refractivity contribution in [2.75, 3.05) is 20.8 Å². The predicted molar refractivity (Wildman–Crippen MR) is 82.2 cm³/mol. The van der Waals surface area contributed by atoms with Crippen LogP contribution in [0.2, 0.25) is 0 Å². The van der Waals surface area contributed by atoms with Gasteiger partial charge in [-0.15, -0.1) is 0 Å². The number of nitrogens with one attached hydrogen (secondary N) is 1. The van der Waals surface area contributed by atoms with Crippen molar-refractivity contribution in [2.45, 2.75) is 13.3 Å². The molecule has 0 aliphatic heterocycles. The van der Waals surface area contributed by atoms with Crippen molar-refractivity contribution < 1.29 is 14.3 Å². The van der Waals surface area contributed by atoms with Gasteiger partial charge >= 0.3 is 0 Å². The topological polar surface area (TPSA) is 73.6 Å². The summed E-state index contributed by atoms with van der Waals surface area (Å²) in [6.45, 7) is 2.20. The smallest absolute Gasteiger partial charge is 0.229 e. The highest BCUT2D eigenvalue weighted by molar-refractivity contribution is 7.80. The summed E-state index contributed by atoms with van der Waals surface area (Å²) < 4.78 is 10.4. The van der Waals surface area contributed by atoms with Crippen molar-refractivity contribution in [2.24, 2.45) is 11.7 Å². The molecule has 0 radical (unpaired) electrons. The second-order valence-corrected chi connectivity index (χ2v) is 4.83. The zero-order chi connectivity index (χ0) is 15.1. The van der Waals surface area contributed by atoms with Gasteiger partial charge < -0.3 is 20.5 Å². The monoisotopic (exact) mass is 296 g/mol. The van der Waals surface area contributed by atoms with Gasteiger partial charge in [0.15, 0.2) is 11.5 Å². The van der Waals surface area contributed by atoms with Gasteiger partial charge in [-0.05, 0) is 31.0 Å². The van der Waals surface area contributed by atoms with E-state index < -0.39 is 5.92 Å². The van der Waals surface area contributed by atoms with Gasteiger partial charge in [-0.2, -0.15) is 0 Å². The Kier molecular flexibility index (Phi) is 6.24. The quantitative estimate of drug-likeness (QED) is 0.742. The van der Waals surface area contributed by atoms with Crippen LogP contribution in [0.25, 0.3) is 0 Å². The van der Waals surface area contributed by atoms with E-state index in [4.69, 9.17) is 27.4 Å². The highest BCUT2D eigenvalue weighted by Gasteiger charge is 2.14. The summed E-state index contributed by atoms with van der Waals surface area (Å²) in [6, 6.07) is 5.67. The lowest BCUT2D eigenvalue weighted by Crippen LogP contribution is -2.36. The van der Waals surface area contributed by atoms with E-state index in [0.29, 0.717) is 24.5 Å². The molecular weight excluding hydrogens is 276 g/mol. The highest BCUT2D eigenvalue weighted by atomic mass is 32.1. The molecule has 0 bridgehead atoms. The highest BCUT2D eigenvalue weighted by Crippen LogP contribution is 2.27. The number of methoxy groups -OCH3 is 2. The zero-order valence-corrected chi connectivity index (χ0v) is 12.8. The number of rotatable bonds is 7. The fraction of sp³-hybridized carbons (Fsp3) is 0.429. The van der Waals surface area contributed by atoms with E-state index >= 15 is 0 Å². The number of ether oxygens (including phenoxy) is 2. The molecule has 1 amide bonds. The van der Waals surface area contributed by atoms with Crippen molar-refractivity contribution in [3.63, 3.8) is 0 Å². The molecule has 110 valence electrons. The van der Waals surface area contributed by atoms with E-state index in [0.717, 1.165) is 5.56 Å². The maximum absolute atomic E-state index is 11.7. The Morgan fingerprint density at radius 1 is 1.35 bits per heavy atom. The van der Waals surface area contributed by atoms with Crippen LogP contribution in [-0.2, 0) is 11.2 Å². The summed E-state index contributed by atoms with van der Waals surface area (Å²) in [5.74, 6) is 0.753. The number of thiocarbonyl (C=S) groups is 1. The molecule has 0 aliphatic carbocycles. The number of carbonyl (C=O) groups is 1. The Labute approximate surface area is 124 Å². The molecule has 1 rings (SSSR count). The first kappa shape index (κ1) is 16.2. The van der Waals surface area contributed by atoms with Crippen molar-refractivity contribution >= 4 is 23.1 Å². The molecule has 5 nitrogen and oxygen atoms in total. The molecule has 1 aromatic rings. The van der Waals surface area contributed by atoms with Crippen molar-refractivity contribution in [1.29, 1.82) is 0 Å². The van der Waals surface area contributed by atoms with Gasteiger partial charge in [0, 0.05) is 6.54 Å². The fourth-order valence-corrected chi connectivity index (χ4v) is 1.76. The average Bonchev–Trinajstić information content (AvgIpc) is 2.45. The molecule has 6 heteroatoms. The number of benzene rings is 1. The third-order valence-corrected chi connectivity index (χ3v) is 3.33. The molecule has 1 atom stereocenters. The molecular formula is C14H20N2O3S. The summed E-state index contributed by atoms with van der Waals surface area (Å²) in [5.41, 5.74) is 6.48. The number of carbonyl (C=O) groups excluding carboxylic acids is 1. The molecule has 0 saturated heterocycles. The number of hydrogen-bond acceptors (Lipinski definition) is 4. The third-order valence-electron chi connectivity index (χ3n) is 2.98. The molecule has 1 aromatic carbocycles.